The number of benzene rings is 1. The molecule has 0 aliphatic carbocycles. The lowest BCUT2D eigenvalue weighted by Crippen LogP contribution is -2.44. The van der Waals surface area contributed by atoms with Crippen LogP contribution in [0.5, 0.6) is 5.75 Å². The van der Waals surface area contributed by atoms with E-state index in [2.05, 4.69) is 12.1 Å². The van der Waals surface area contributed by atoms with E-state index < -0.39 is 5.97 Å². The number of amides is 1. The minimum absolute atomic E-state index is 0.0165. The molecule has 0 bridgehead atoms. The Kier molecular flexibility index (Phi) is 6.85. The van der Waals surface area contributed by atoms with Crippen LogP contribution in [-0.4, -0.2) is 41.6 Å². The molecule has 0 radical (unpaired) electrons. The summed E-state index contributed by atoms with van der Waals surface area (Å²) in [6, 6.07) is 6.15. The Bertz CT molecular complexity index is 614. The minimum atomic E-state index is -0.747. The number of hydrogen-bond donors (Lipinski definition) is 1. The molecular formula is C20H29NO4. The molecule has 25 heavy (non-hydrogen) atoms. The first-order chi connectivity index (χ1) is 11.9. The number of likely N-dealkylation sites (tertiary alicyclic amines) is 1. The van der Waals surface area contributed by atoms with Gasteiger partial charge in [0.15, 0.2) is 0 Å². The van der Waals surface area contributed by atoms with Gasteiger partial charge < -0.3 is 14.7 Å². The number of nitrogens with zero attached hydrogens (tertiary/aromatic N) is 1. The maximum atomic E-state index is 12.3. The van der Waals surface area contributed by atoms with E-state index in [0.717, 1.165) is 24.2 Å². The summed E-state index contributed by atoms with van der Waals surface area (Å²) in [6.45, 7) is 7.69. The van der Waals surface area contributed by atoms with E-state index in [9.17, 15) is 9.59 Å². The highest BCUT2D eigenvalue weighted by atomic mass is 16.5. The first-order valence-electron chi connectivity index (χ1n) is 9.09. The number of aryl methyl sites for hydroxylation is 2. The van der Waals surface area contributed by atoms with Crippen LogP contribution in [0.2, 0.25) is 0 Å². The van der Waals surface area contributed by atoms with Crippen molar-refractivity contribution in [1.29, 1.82) is 0 Å². The maximum absolute atomic E-state index is 12.3. The second kappa shape index (κ2) is 8.88. The number of ether oxygens (including phenoxy) is 1. The monoisotopic (exact) mass is 347 g/mol. The summed E-state index contributed by atoms with van der Waals surface area (Å²) in [5.74, 6) is -0.0145. The van der Waals surface area contributed by atoms with E-state index in [1.165, 1.54) is 5.56 Å². The van der Waals surface area contributed by atoms with Gasteiger partial charge in [0.2, 0.25) is 5.91 Å². The smallest absolute Gasteiger partial charge is 0.306 e. The highest BCUT2D eigenvalue weighted by Crippen LogP contribution is 2.24. The fourth-order valence-electron chi connectivity index (χ4n) is 3.32. The third kappa shape index (κ3) is 5.48. The van der Waals surface area contributed by atoms with Gasteiger partial charge in [0.1, 0.15) is 5.75 Å². The first kappa shape index (κ1) is 19.3. The van der Waals surface area contributed by atoms with Crippen LogP contribution in [0, 0.1) is 25.7 Å². The topological polar surface area (TPSA) is 66.8 Å². The van der Waals surface area contributed by atoms with Crippen LogP contribution >= 0.6 is 0 Å². The lowest BCUT2D eigenvalue weighted by atomic mass is 9.87. The molecule has 1 aliphatic rings. The number of rotatable bonds is 7. The molecule has 2 rings (SSSR count). The predicted molar refractivity (Wildman–Crippen MR) is 96.7 cm³/mol. The third-order valence-electron chi connectivity index (χ3n) is 4.96. The second-order valence-corrected chi connectivity index (χ2v) is 7.12. The van der Waals surface area contributed by atoms with E-state index in [0.29, 0.717) is 32.5 Å². The van der Waals surface area contributed by atoms with Crippen molar-refractivity contribution in [2.24, 2.45) is 11.8 Å². The number of aliphatic carboxylic acids is 1. The summed E-state index contributed by atoms with van der Waals surface area (Å²) in [7, 11) is 0. The molecule has 2 unspecified atom stereocenters. The maximum Gasteiger partial charge on any atom is 0.306 e. The van der Waals surface area contributed by atoms with E-state index in [4.69, 9.17) is 9.84 Å². The second-order valence-electron chi connectivity index (χ2n) is 7.12. The zero-order valence-electron chi connectivity index (χ0n) is 15.5. The van der Waals surface area contributed by atoms with Crippen molar-refractivity contribution in [1.82, 2.24) is 4.90 Å². The molecule has 1 aliphatic heterocycles. The van der Waals surface area contributed by atoms with Gasteiger partial charge in [0.05, 0.1) is 12.5 Å². The molecule has 2 atom stereocenters. The van der Waals surface area contributed by atoms with Crippen LogP contribution in [0.4, 0.5) is 0 Å². The number of carbonyl (C=O) groups excluding carboxylic acids is 1. The third-order valence-corrected chi connectivity index (χ3v) is 4.96. The Morgan fingerprint density at radius 2 is 2.04 bits per heavy atom. The molecule has 1 aromatic carbocycles. The molecule has 1 fully saturated rings. The van der Waals surface area contributed by atoms with Gasteiger partial charge in [0.25, 0.3) is 0 Å². The van der Waals surface area contributed by atoms with Crippen molar-refractivity contribution < 1.29 is 19.4 Å². The molecule has 5 heteroatoms. The fourth-order valence-corrected chi connectivity index (χ4v) is 3.32. The van der Waals surface area contributed by atoms with Crippen molar-refractivity contribution >= 4 is 11.9 Å². The Balaban J connectivity index is 1.67. The van der Waals surface area contributed by atoms with Crippen LogP contribution in [0.15, 0.2) is 18.2 Å². The molecular weight excluding hydrogens is 318 g/mol. The predicted octanol–water partition coefficient (Wildman–Crippen LogP) is 3.42. The van der Waals surface area contributed by atoms with Gasteiger partial charge in [-0.2, -0.15) is 0 Å². The quantitative estimate of drug-likeness (QED) is 0.768. The summed E-state index contributed by atoms with van der Waals surface area (Å²) < 4.78 is 5.81. The summed E-state index contributed by atoms with van der Waals surface area (Å²) in [5.41, 5.74) is 2.30. The van der Waals surface area contributed by atoms with Gasteiger partial charge in [-0.15, -0.1) is 0 Å². The van der Waals surface area contributed by atoms with Crippen LogP contribution in [0.3, 0.4) is 0 Å². The van der Waals surface area contributed by atoms with Crippen molar-refractivity contribution in [3.05, 3.63) is 29.3 Å². The van der Waals surface area contributed by atoms with Gasteiger partial charge in [-0.25, -0.2) is 0 Å². The highest BCUT2D eigenvalue weighted by Gasteiger charge is 2.32. The van der Waals surface area contributed by atoms with Crippen molar-refractivity contribution in [3.8, 4) is 5.75 Å². The van der Waals surface area contributed by atoms with Gasteiger partial charge in [-0.05, 0) is 56.2 Å². The number of hydrogen-bond acceptors (Lipinski definition) is 3. The molecule has 5 nitrogen and oxygen atoms in total. The van der Waals surface area contributed by atoms with E-state index in [1.54, 1.807) is 0 Å². The largest absolute Gasteiger partial charge is 0.493 e. The lowest BCUT2D eigenvalue weighted by Gasteiger charge is -2.35. The number of unbranched alkanes of at least 4 members (excludes halogenated alkanes) is 1. The minimum Gasteiger partial charge on any atom is -0.493 e. The number of carbonyl (C=O) groups is 2. The fraction of sp³-hybridized carbons (Fsp3) is 0.600. The Morgan fingerprint density at radius 3 is 2.72 bits per heavy atom. The zero-order chi connectivity index (χ0) is 18.4. The summed E-state index contributed by atoms with van der Waals surface area (Å²) in [5, 5.41) is 9.15. The number of piperidine rings is 1. The Morgan fingerprint density at radius 1 is 1.28 bits per heavy atom. The van der Waals surface area contributed by atoms with Crippen molar-refractivity contribution in [2.45, 2.75) is 46.5 Å². The Labute approximate surface area is 150 Å². The molecule has 138 valence electrons. The molecule has 1 aromatic rings. The van der Waals surface area contributed by atoms with Crippen LogP contribution in [-0.2, 0) is 9.59 Å². The summed E-state index contributed by atoms with van der Waals surface area (Å²) in [4.78, 5) is 25.2. The van der Waals surface area contributed by atoms with Gasteiger partial charge >= 0.3 is 5.97 Å². The normalized spacial score (nSPS) is 20.4. The van der Waals surface area contributed by atoms with Crippen LogP contribution in [0.1, 0.15) is 43.7 Å². The van der Waals surface area contributed by atoms with E-state index >= 15 is 0 Å². The Hall–Kier alpha value is -2.04. The molecule has 1 saturated heterocycles. The molecule has 1 amide bonds. The standard InChI is InChI=1S/C20H29NO4/c1-14-7-8-15(2)18(12-14)25-11-5-4-6-19(22)21-10-9-17(20(23)24)16(3)13-21/h7-8,12,16-17H,4-6,9-11,13H2,1-3H3,(H,23,24). The molecule has 0 spiro atoms. The molecule has 1 N–H and O–H groups in total. The average Bonchev–Trinajstić information content (AvgIpc) is 2.56. The van der Waals surface area contributed by atoms with Crippen LogP contribution in [0.25, 0.3) is 0 Å². The number of carboxylic acids is 1. The van der Waals surface area contributed by atoms with Gasteiger partial charge in [0, 0.05) is 19.5 Å². The summed E-state index contributed by atoms with van der Waals surface area (Å²) >= 11 is 0. The van der Waals surface area contributed by atoms with Crippen molar-refractivity contribution in [2.75, 3.05) is 19.7 Å². The summed E-state index contributed by atoms with van der Waals surface area (Å²) in [6.07, 6.45) is 2.68. The van der Waals surface area contributed by atoms with Gasteiger partial charge in [-0.1, -0.05) is 19.1 Å². The van der Waals surface area contributed by atoms with E-state index in [1.807, 2.05) is 31.7 Å². The highest BCUT2D eigenvalue weighted by molar-refractivity contribution is 5.77. The van der Waals surface area contributed by atoms with Crippen molar-refractivity contribution in [3.63, 3.8) is 0 Å². The van der Waals surface area contributed by atoms with E-state index in [-0.39, 0.29) is 17.7 Å². The molecule has 1 heterocycles. The SMILES string of the molecule is Cc1ccc(C)c(OCCCCC(=O)N2CCC(C(=O)O)C(C)C2)c1. The van der Waals surface area contributed by atoms with Gasteiger partial charge in [-0.3, -0.25) is 9.59 Å². The average molecular weight is 347 g/mol. The number of carboxylic acid groups (broad SMARTS) is 1. The van der Waals surface area contributed by atoms with Crippen LogP contribution < -0.4 is 4.74 Å². The molecule has 0 aromatic heterocycles. The lowest BCUT2D eigenvalue weighted by molar-refractivity contribution is -0.148. The molecule has 0 saturated carbocycles. The zero-order valence-corrected chi connectivity index (χ0v) is 15.5. The first-order valence-corrected chi connectivity index (χ1v) is 9.09.